The molecular weight excluding hydrogens is 504 g/mol. The molecule has 0 saturated carbocycles. The number of carbonyl (C=O) groups excluding carboxylic acids is 2. The van der Waals surface area contributed by atoms with Crippen molar-refractivity contribution in [1.29, 1.82) is 0 Å². The van der Waals surface area contributed by atoms with Crippen LogP contribution in [0.5, 0.6) is 5.75 Å². The molecule has 5 aromatic rings. The topological polar surface area (TPSA) is 103 Å². The summed E-state index contributed by atoms with van der Waals surface area (Å²) >= 11 is 0. The average molecular weight is 535 g/mol. The van der Waals surface area contributed by atoms with Crippen LogP contribution in [0.15, 0.2) is 48.8 Å². The van der Waals surface area contributed by atoms with E-state index in [-0.39, 0.29) is 18.4 Å². The van der Waals surface area contributed by atoms with Gasteiger partial charge in [0, 0.05) is 78.6 Å². The molecule has 7 rings (SSSR count). The standard InChI is InChI=1S/C31H30N6O3/c1-3-37-25-10-7-19(40-17-26(38)33-13-11-18-6-4-5-12-32-18)14-21(25)28-22-15-34-31(39)29(22)27-20(30(28)37)8-9-24-23(27)16-36(2)35-24/h4-7,10,12,14,16H,3,8-9,11,13,15,17H2,1-2H3,(H,33,38)(H,34,39). The van der Waals surface area contributed by atoms with Crippen LogP contribution in [0.4, 0.5) is 0 Å². The molecular formula is C31H30N6O3. The number of aryl methyl sites for hydroxylation is 4. The first-order valence-electron chi connectivity index (χ1n) is 13.8. The SMILES string of the molecule is CCn1c2ccc(OCC(=O)NCCc3ccccn3)cc2c2c3c(c4c(c21)CCc1nn(C)cc1-4)C(=O)NC3. The van der Waals surface area contributed by atoms with Gasteiger partial charge in [-0.05, 0) is 61.2 Å². The first-order chi connectivity index (χ1) is 19.5. The molecule has 1 aliphatic heterocycles. The fourth-order valence-electron chi connectivity index (χ4n) is 6.39. The van der Waals surface area contributed by atoms with E-state index < -0.39 is 0 Å². The molecule has 4 heterocycles. The predicted octanol–water partition coefficient (Wildman–Crippen LogP) is 3.69. The number of nitrogens with zero attached hydrogens (tertiary/aromatic N) is 4. The van der Waals surface area contributed by atoms with Crippen LogP contribution in [-0.4, -0.2) is 44.3 Å². The molecule has 0 bridgehead atoms. The third kappa shape index (κ3) is 3.84. The number of pyridine rings is 1. The van der Waals surface area contributed by atoms with Crippen LogP contribution >= 0.6 is 0 Å². The summed E-state index contributed by atoms with van der Waals surface area (Å²) in [6, 6.07) is 11.7. The monoisotopic (exact) mass is 534 g/mol. The van der Waals surface area contributed by atoms with E-state index in [0.29, 0.717) is 25.3 Å². The van der Waals surface area contributed by atoms with Gasteiger partial charge in [-0.3, -0.25) is 19.3 Å². The molecule has 9 heteroatoms. The molecule has 2 amide bonds. The van der Waals surface area contributed by atoms with Crippen molar-refractivity contribution in [3.63, 3.8) is 0 Å². The van der Waals surface area contributed by atoms with Gasteiger partial charge in [-0.1, -0.05) is 6.07 Å². The summed E-state index contributed by atoms with van der Waals surface area (Å²) in [6.07, 6.45) is 6.12. The smallest absolute Gasteiger partial charge is 0.257 e. The zero-order valence-corrected chi connectivity index (χ0v) is 22.6. The van der Waals surface area contributed by atoms with E-state index in [1.54, 1.807) is 6.20 Å². The number of carbonyl (C=O) groups is 2. The fourth-order valence-corrected chi connectivity index (χ4v) is 6.39. The Balaban J connectivity index is 1.25. The molecule has 3 aromatic heterocycles. The van der Waals surface area contributed by atoms with Gasteiger partial charge in [0.2, 0.25) is 0 Å². The molecule has 0 radical (unpaired) electrons. The summed E-state index contributed by atoms with van der Waals surface area (Å²) in [6.45, 7) is 3.86. The van der Waals surface area contributed by atoms with Crippen LogP contribution in [0.1, 0.15) is 39.8 Å². The number of aromatic nitrogens is 4. The zero-order chi connectivity index (χ0) is 27.4. The molecule has 0 saturated heterocycles. The van der Waals surface area contributed by atoms with Crippen molar-refractivity contribution in [3.05, 3.63) is 76.9 Å². The van der Waals surface area contributed by atoms with Crippen LogP contribution in [0.2, 0.25) is 0 Å². The summed E-state index contributed by atoms with van der Waals surface area (Å²) in [7, 11) is 1.93. The lowest BCUT2D eigenvalue weighted by atomic mass is 9.82. The molecule has 9 nitrogen and oxygen atoms in total. The van der Waals surface area contributed by atoms with Gasteiger partial charge in [-0.15, -0.1) is 0 Å². The summed E-state index contributed by atoms with van der Waals surface area (Å²) in [5.41, 5.74) is 9.35. The van der Waals surface area contributed by atoms with E-state index in [0.717, 1.165) is 69.3 Å². The number of nitrogens with one attached hydrogen (secondary N) is 2. The molecule has 0 fully saturated rings. The van der Waals surface area contributed by atoms with Crippen molar-refractivity contribution >= 4 is 33.6 Å². The third-order valence-electron chi connectivity index (χ3n) is 8.03. The Bertz CT molecular complexity index is 1820. The van der Waals surface area contributed by atoms with Crippen LogP contribution in [0.3, 0.4) is 0 Å². The van der Waals surface area contributed by atoms with Crippen LogP contribution in [0.25, 0.3) is 32.9 Å². The molecule has 0 spiro atoms. The molecule has 2 N–H and O–H groups in total. The van der Waals surface area contributed by atoms with Crippen molar-refractivity contribution < 1.29 is 14.3 Å². The lowest BCUT2D eigenvalue weighted by Gasteiger charge is -2.21. The second kappa shape index (κ2) is 9.51. The van der Waals surface area contributed by atoms with Gasteiger partial charge in [0.25, 0.3) is 11.8 Å². The Morgan fingerprint density at radius 1 is 1.15 bits per heavy atom. The highest BCUT2D eigenvalue weighted by Gasteiger charge is 2.35. The minimum absolute atomic E-state index is 0.0305. The number of ether oxygens (including phenoxy) is 1. The predicted molar refractivity (Wildman–Crippen MR) is 152 cm³/mol. The molecule has 1 aliphatic carbocycles. The van der Waals surface area contributed by atoms with E-state index in [1.165, 1.54) is 11.1 Å². The lowest BCUT2D eigenvalue weighted by Crippen LogP contribution is -2.30. The minimum atomic E-state index is -0.177. The van der Waals surface area contributed by atoms with Crippen molar-refractivity contribution in [2.24, 2.45) is 7.05 Å². The highest BCUT2D eigenvalue weighted by atomic mass is 16.5. The van der Waals surface area contributed by atoms with E-state index in [1.807, 2.05) is 48.3 Å². The normalized spacial score (nSPS) is 13.7. The van der Waals surface area contributed by atoms with E-state index in [2.05, 4.69) is 38.3 Å². The number of benzene rings is 2. The summed E-state index contributed by atoms with van der Waals surface area (Å²) < 4.78 is 10.1. The first-order valence-corrected chi connectivity index (χ1v) is 13.8. The highest BCUT2D eigenvalue weighted by molar-refractivity contribution is 6.19. The van der Waals surface area contributed by atoms with Gasteiger partial charge in [0.1, 0.15) is 5.75 Å². The minimum Gasteiger partial charge on any atom is -0.484 e. The summed E-state index contributed by atoms with van der Waals surface area (Å²) in [4.78, 5) is 30.0. The Labute approximate surface area is 231 Å². The van der Waals surface area contributed by atoms with Gasteiger partial charge in [-0.2, -0.15) is 5.10 Å². The van der Waals surface area contributed by atoms with Crippen molar-refractivity contribution in [3.8, 4) is 16.9 Å². The number of rotatable bonds is 7. The van der Waals surface area contributed by atoms with Gasteiger partial charge in [0.05, 0.1) is 16.8 Å². The molecule has 2 aliphatic rings. The average Bonchev–Trinajstić information content (AvgIpc) is 3.64. The zero-order valence-electron chi connectivity index (χ0n) is 22.6. The van der Waals surface area contributed by atoms with Gasteiger partial charge in [-0.25, -0.2) is 0 Å². The van der Waals surface area contributed by atoms with E-state index in [4.69, 9.17) is 4.74 Å². The van der Waals surface area contributed by atoms with Gasteiger partial charge < -0.3 is 19.9 Å². The first kappa shape index (κ1) is 24.4. The lowest BCUT2D eigenvalue weighted by molar-refractivity contribution is -0.123. The maximum absolute atomic E-state index is 13.2. The number of hydrogen-bond donors (Lipinski definition) is 2. The van der Waals surface area contributed by atoms with E-state index >= 15 is 0 Å². The molecule has 0 atom stereocenters. The number of fused-ring (bicyclic) bond motifs is 10. The van der Waals surface area contributed by atoms with E-state index in [9.17, 15) is 9.59 Å². The molecule has 40 heavy (non-hydrogen) atoms. The molecule has 202 valence electrons. The quantitative estimate of drug-likeness (QED) is 0.332. The maximum Gasteiger partial charge on any atom is 0.257 e. The Morgan fingerprint density at radius 3 is 2.88 bits per heavy atom. The second-order valence-corrected chi connectivity index (χ2v) is 10.4. The summed E-state index contributed by atoms with van der Waals surface area (Å²) in [5, 5.41) is 12.8. The van der Waals surface area contributed by atoms with Crippen LogP contribution in [0, 0.1) is 0 Å². The van der Waals surface area contributed by atoms with Crippen molar-refractivity contribution in [2.45, 2.75) is 39.3 Å². The molecule has 2 aromatic carbocycles. The van der Waals surface area contributed by atoms with Gasteiger partial charge >= 0.3 is 0 Å². The Morgan fingerprint density at radius 2 is 2.05 bits per heavy atom. The van der Waals surface area contributed by atoms with Crippen LogP contribution in [-0.2, 0) is 44.2 Å². The fraction of sp³-hybridized carbons (Fsp3) is 0.290. The molecule has 0 unspecified atom stereocenters. The largest absolute Gasteiger partial charge is 0.484 e. The van der Waals surface area contributed by atoms with Gasteiger partial charge in [0.15, 0.2) is 6.61 Å². The maximum atomic E-state index is 13.2. The van der Waals surface area contributed by atoms with Crippen molar-refractivity contribution in [1.82, 2.24) is 30.0 Å². The third-order valence-corrected chi connectivity index (χ3v) is 8.03. The number of amides is 2. The number of hydrogen-bond acceptors (Lipinski definition) is 5. The highest BCUT2D eigenvalue weighted by Crippen LogP contribution is 2.47. The Hall–Kier alpha value is -4.66. The Kier molecular flexibility index (Phi) is 5.80. The second-order valence-electron chi connectivity index (χ2n) is 10.4. The summed E-state index contributed by atoms with van der Waals surface area (Å²) in [5.74, 6) is 0.418. The van der Waals surface area contributed by atoms with Crippen molar-refractivity contribution in [2.75, 3.05) is 13.2 Å². The van der Waals surface area contributed by atoms with Crippen LogP contribution < -0.4 is 15.4 Å².